The molecule has 0 bridgehead atoms. The van der Waals surface area contributed by atoms with Crippen molar-refractivity contribution in [3.63, 3.8) is 0 Å². The third kappa shape index (κ3) is 4.11. The van der Waals surface area contributed by atoms with Crippen molar-refractivity contribution in [3.05, 3.63) is 146 Å². The van der Waals surface area contributed by atoms with Crippen LogP contribution in [0.5, 0.6) is 0 Å². The Morgan fingerprint density at radius 2 is 0.773 bits per heavy atom. The van der Waals surface area contributed by atoms with Crippen LogP contribution in [0.1, 0.15) is 0 Å². The Morgan fingerprint density at radius 1 is 0.386 bits per heavy atom. The summed E-state index contributed by atoms with van der Waals surface area (Å²) in [4.78, 5) is 14.7. The van der Waals surface area contributed by atoms with E-state index in [1.54, 1.807) is 22.7 Å². The molecule has 1 aliphatic heterocycles. The highest BCUT2D eigenvalue weighted by Gasteiger charge is 2.29. The minimum Gasteiger partial charge on any atom is -0.306 e. The first-order valence-corrected chi connectivity index (χ1v) is 16.1. The molecule has 0 atom stereocenters. The number of hydrogen-bond donors (Lipinski definition) is 0. The maximum absolute atomic E-state index is 5.05. The zero-order valence-electron chi connectivity index (χ0n) is 23.5. The van der Waals surface area contributed by atoms with Crippen LogP contribution in [0.2, 0.25) is 0 Å². The zero-order chi connectivity index (χ0) is 29.0. The summed E-state index contributed by atoms with van der Waals surface area (Å²) in [7, 11) is 0. The van der Waals surface area contributed by atoms with Crippen molar-refractivity contribution in [2.24, 2.45) is 0 Å². The Kier molecular flexibility index (Phi) is 5.82. The molecule has 0 saturated carbocycles. The SMILES string of the molecule is c1ccc(-c2nc3cc4sc(-c5ccc(N6c7ccccc7N(c7ccccc7)c7ccccc76)cc5)nc4cc3s2)cc1. The molecular formula is C38H24N4S2. The first-order chi connectivity index (χ1) is 21.8. The Morgan fingerprint density at radius 3 is 1.25 bits per heavy atom. The minimum atomic E-state index is 1.02. The average molecular weight is 601 g/mol. The van der Waals surface area contributed by atoms with Gasteiger partial charge in [0.1, 0.15) is 10.0 Å². The number of anilines is 6. The fraction of sp³-hybridized carbons (Fsp3) is 0. The lowest BCUT2D eigenvalue weighted by atomic mass is 10.0. The fourth-order valence-corrected chi connectivity index (χ4v) is 7.98. The van der Waals surface area contributed by atoms with Gasteiger partial charge in [-0.1, -0.05) is 72.8 Å². The summed E-state index contributed by atoms with van der Waals surface area (Å²) < 4.78 is 2.32. The smallest absolute Gasteiger partial charge is 0.124 e. The van der Waals surface area contributed by atoms with Crippen LogP contribution in [0, 0.1) is 0 Å². The lowest BCUT2D eigenvalue weighted by Gasteiger charge is -2.40. The van der Waals surface area contributed by atoms with Crippen LogP contribution in [0.25, 0.3) is 41.6 Å². The molecule has 0 radical (unpaired) electrons. The molecule has 6 aromatic carbocycles. The molecule has 0 spiro atoms. The van der Waals surface area contributed by atoms with Crippen LogP contribution in [-0.2, 0) is 0 Å². The molecule has 8 aromatic rings. The molecule has 0 aliphatic carbocycles. The van der Waals surface area contributed by atoms with Gasteiger partial charge in [0.05, 0.1) is 43.2 Å². The molecule has 2 aromatic heterocycles. The largest absolute Gasteiger partial charge is 0.306 e. The Labute approximate surface area is 262 Å². The number of thiazole rings is 2. The highest BCUT2D eigenvalue weighted by Crippen LogP contribution is 2.54. The van der Waals surface area contributed by atoms with E-state index in [1.807, 2.05) is 6.07 Å². The van der Waals surface area contributed by atoms with E-state index in [4.69, 9.17) is 9.97 Å². The predicted octanol–water partition coefficient (Wildman–Crippen LogP) is 11.5. The van der Waals surface area contributed by atoms with Gasteiger partial charge in [0, 0.05) is 22.5 Å². The Hall–Kier alpha value is -5.30. The molecule has 9 rings (SSSR count). The molecule has 4 nitrogen and oxygen atoms in total. The molecule has 6 heteroatoms. The summed E-state index contributed by atoms with van der Waals surface area (Å²) in [5.74, 6) is 0. The van der Waals surface area contributed by atoms with Crippen LogP contribution in [0.4, 0.5) is 34.1 Å². The maximum Gasteiger partial charge on any atom is 0.124 e. The minimum absolute atomic E-state index is 1.02. The van der Waals surface area contributed by atoms with E-state index in [1.165, 1.54) is 0 Å². The highest BCUT2D eigenvalue weighted by atomic mass is 32.1. The number of nitrogens with zero attached hydrogens (tertiary/aromatic N) is 4. The second-order valence-corrected chi connectivity index (χ2v) is 12.8. The lowest BCUT2D eigenvalue weighted by Crippen LogP contribution is -2.23. The van der Waals surface area contributed by atoms with E-state index in [9.17, 15) is 0 Å². The summed E-state index contributed by atoms with van der Waals surface area (Å²) in [6, 6.07) is 51.4. The first-order valence-electron chi connectivity index (χ1n) is 14.5. The Bertz CT molecular complexity index is 2190. The number of hydrogen-bond acceptors (Lipinski definition) is 6. The van der Waals surface area contributed by atoms with Gasteiger partial charge < -0.3 is 9.80 Å². The second kappa shape index (κ2) is 10.2. The van der Waals surface area contributed by atoms with Gasteiger partial charge in [0.2, 0.25) is 0 Å². The topological polar surface area (TPSA) is 32.3 Å². The van der Waals surface area contributed by atoms with E-state index in [0.717, 1.165) is 75.7 Å². The summed E-state index contributed by atoms with van der Waals surface area (Å²) in [6.45, 7) is 0. The number of benzene rings is 6. The van der Waals surface area contributed by atoms with Gasteiger partial charge in [-0.2, -0.15) is 0 Å². The molecule has 0 saturated heterocycles. The van der Waals surface area contributed by atoms with Crippen molar-refractivity contribution < 1.29 is 0 Å². The van der Waals surface area contributed by atoms with Gasteiger partial charge in [-0.05, 0) is 72.8 Å². The van der Waals surface area contributed by atoms with Gasteiger partial charge >= 0.3 is 0 Å². The lowest BCUT2D eigenvalue weighted by molar-refractivity contribution is 1.17. The summed E-state index contributed by atoms with van der Waals surface area (Å²) in [5, 5.41) is 2.06. The monoisotopic (exact) mass is 600 g/mol. The number of rotatable bonds is 4. The maximum atomic E-state index is 5.05. The van der Waals surface area contributed by atoms with Crippen molar-refractivity contribution in [2.75, 3.05) is 9.80 Å². The van der Waals surface area contributed by atoms with Crippen LogP contribution in [0.15, 0.2) is 146 Å². The van der Waals surface area contributed by atoms with Crippen LogP contribution < -0.4 is 9.80 Å². The average Bonchev–Trinajstić information content (AvgIpc) is 3.70. The number of aromatic nitrogens is 2. The molecule has 0 unspecified atom stereocenters. The van der Waals surface area contributed by atoms with Crippen molar-refractivity contribution in [1.82, 2.24) is 9.97 Å². The summed E-state index contributed by atoms with van der Waals surface area (Å²) in [6.07, 6.45) is 0. The van der Waals surface area contributed by atoms with Gasteiger partial charge in [0.15, 0.2) is 0 Å². The van der Waals surface area contributed by atoms with E-state index >= 15 is 0 Å². The van der Waals surface area contributed by atoms with Gasteiger partial charge in [0.25, 0.3) is 0 Å². The van der Waals surface area contributed by atoms with Crippen molar-refractivity contribution >= 4 is 77.2 Å². The van der Waals surface area contributed by atoms with Crippen LogP contribution >= 0.6 is 22.7 Å². The van der Waals surface area contributed by atoms with E-state index in [2.05, 4.69) is 149 Å². The molecule has 44 heavy (non-hydrogen) atoms. The van der Waals surface area contributed by atoms with Crippen molar-refractivity contribution in [2.45, 2.75) is 0 Å². The highest BCUT2D eigenvalue weighted by molar-refractivity contribution is 7.23. The van der Waals surface area contributed by atoms with Gasteiger partial charge in [-0.3, -0.25) is 0 Å². The van der Waals surface area contributed by atoms with Crippen molar-refractivity contribution in [3.8, 4) is 21.1 Å². The molecular weight excluding hydrogens is 577 g/mol. The van der Waals surface area contributed by atoms with E-state index in [0.29, 0.717) is 0 Å². The normalized spacial score (nSPS) is 12.5. The first kappa shape index (κ1) is 25.2. The van der Waals surface area contributed by atoms with Gasteiger partial charge in [-0.25, -0.2) is 9.97 Å². The van der Waals surface area contributed by atoms with Crippen molar-refractivity contribution in [1.29, 1.82) is 0 Å². The molecule has 1 aliphatic rings. The third-order valence-corrected chi connectivity index (χ3v) is 10.2. The summed E-state index contributed by atoms with van der Waals surface area (Å²) >= 11 is 3.44. The fourth-order valence-electron chi connectivity index (χ4n) is 6.01. The molecule has 3 heterocycles. The molecule has 0 N–H and O–H groups in total. The van der Waals surface area contributed by atoms with E-state index in [-0.39, 0.29) is 0 Å². The zero-order valence-corrected chi connectivity index (χ0v) is 25.1. The summed E-state index contributed by atoms with van der Waals surface area (Å²) in [5.41, 5.74) is 11.1. The van der Waals surface area contributed by atoms with Gasteiger partial charge in [-0.15, -0.1) is 22.7 Å². The second-order valence-electron chi connectivity index (χ2n) is 10.7. The van der Waals surface area contributed by atoms with Crippen LogP contribution in [-0.4, -0.2) is 9.97 Å². The third-order valence-electron chi connectivity index (χ3n) is 8.03. The molecule has 208 valence electrons. The predicted molar refractivity (Wildman–Crippen MR) is 187 cm³/mol. The van der Waals surface area contributed by atoms with Crippen LogP contribution in [0.3, 0.4) is 0 Å². The Balaban J connectivity index is 1.09. The number of fused-ring (bicyclic) bond motifs is 4. The number of para-hydroxylation sites is 5. The standard InChI is InChI=1S/C38H24N4S2/c1-3-11-25(12-4-1)37-39-29-23-36-30(24-35(29)43-37)40-38(44-36)26-19-21-28(22-20-26)42-33-17-9-7-15-31(33)41(27-13-5-2-6-14-27)32-16-8-10-18-34(32)42/h1-24H. The molecule has 0 amide bonds. The quantitative estimate of drug-likeness (QED) is 0.201. The van der Waals surface area contributed by atoms with E-state index < -0.39 is 0 Å². The molecule has 0 fully saturated rings.